The fourth-order valence-electron chi connectivity index (χ4n) is 2.54. The maximum Gasteiger partial charge on any atom is 0.307 e. The maximum atomic E-state index is 12.0. The van der Waals surface area contributed by atoms with Gasteiger partial charge in [-0.1, -0.05) is 23.2 Å². The zero-order chi connectivity index (χ0) is 15.7. The molecule has 1 aromatic carbocycles. The number of aromatic nitrogens is 1. The Kier molecular flexibility index (Phi) is 4.27. The first-order valence-electron chi connectivity index (χ1n) is 6.96. The lowest BCUT2D eigenvalue weighted by Crippen LogP contribution is -2.37. The fourth-order valence-corrected chi connectivity index (χ4v) is 3.07. The number of carbonyl (C=O) groups is 1. The highest BCUT2D eigenvalue weighted by atomic mass is 35.5. The van der Waals surface area contributed by atoms with Gasteiger partial charge < -0.3 is 14.6 Å². The van der Waals surface area contributed by atoms with Gasteiger partial charge in [0.15, 0.2) is 0 Å². The Hall–Kier alpha value is -1.72. The molecule has 1 saturated heterocycles. The van der Waals surface area contributed by atoms with Gasteiger partial charge in [0.25, 0.3) is 5.89 Å². The van der Waals surface area contributed by atoms with E-state index < -0.39 is 0 Å². The van der Waals surface area contributed by atoms with Crippen molar-refractivity contribution in [1.82, 2.24) is 10.3 Å². The molecule has 0 radical (unpaired) electrons. The Labute approximate surface area is 138 Å². The Bertz CT molecular complexity index is 702. The first kappa shape index (κ1) is 15.2. The van der Waals surface area contributed by atoms with E-state index in [0.717, 1.165) is 18.7 Å². The van der Waals surface area contributed by atoms with E-state index in [2.05, 4.69) is 15.2 Å². The molecule has 5 nitrogen and oxygen atoms in total. The average molecular weight is 340 g/mol. The number of rotatable bonds is 3. The van der Waals surface area contributed by atoms with E-state index in [9.17, 15) is 4.79 Å². The fraction of sp³-hybridized carbons (Fsp3) is 0.333. The third-order valence-corrected chi connectivity index (χ3v) is 4.13. The molecular formula is C15H15Cl2N3O2. The van der Waals surface area contributed by atoms with Crippen LogP contribution in [0.25, 0.3) is 0 Å². The Balaban J connectivity index is 1.64. The Morgan fingerprint density at radius 3 is 2.95 bits per heavy atom. The highest BCUT2D eigenvalue weighted by Crippen LogP contribution is 2.31. The van der Waals surface area contributed by atoms with Crippen LogP contribution in [0.1, 0.15) is 22.9 Å². The minimum absolute atomic E-state index is 0.0338. The van der Waals surface area contributed by atoms with Crippen LogP contribution < -0.4 is 10.2 Å². The van der Waals surface area contributed by atoms with Crippen LogP contribution in [0.2, 0.25) is 10.0 Å². The number of amides is 1. The molecule has 0 aliphatic carbocycles. The van der Waals surface area contributed by atoms with Crippen molar-refractivity contribution < 1.29 is 9.21 Å². The second-order valence-electron chi connectivity index (χ2n) is 5.28. The lowest BCUT2D eigenvalue weighted by Gasteiger charge is -2.20. The number of hydrogen-bond donors (Lipinski definition) is 1. The van der Waals surface area contributed by atoms with E-state index in [-0.39, 0.29) is 17.8 Å². The molecule has 116 valence electrons. The minimum Gasteiger partial charge on any atom is -0.438 e. The van der Waals surface area contributed by atoms with E-state index in [1.54, 1.807) is 13.0 Å². The van der Waals surface area contributed by atoms with Crippen LogP contribution in [-0.2, 0) is 0 Å². The highest BCUT2D eigenvalue weighted by Gasteiger charge is 2.26. The van der Waals surface area contributed by atoms with E-state index in [1.807, 2.05) is 12.1 Å². The molecule has 2 heterocycles. The Morgan fingerprint density at radius 1 is 1.45 bits per heavy atom. The number of oxazole rings is 1. The van der Waals surface area contributed by atoms with E-state index in [0.29, 0.717) is 22.4 Å². The van der Waals surface area contributed by atoms with Crippen LogP contribution in [0.3, 0.4) is 0 Å². The van der Waals surface area contributed by atoms with Crippen LogP contribution in [0.15, 0.2) is 28.8 Å². The third-order valence-electron chi connectivity index (χ3n) is 3.59. The predicted octanol–water partition coefficient (Wildman–Crippen LogP) is 3.30. The van der Waals surface area contributed by atoms with Gasteiger partial charge in [0.1, 0.15) is 5.76 Å². The van der Waals surface area contributed by atoms with Crippen molar-refractivity contribution >= 4 is 34.8 Å². The number of nitrogens with one attached hydrogen (secondary N) is 1. The van der Waals surface area contributed by atoms with E-state index >= 15 is 0 Å². The molecule has 1 aliphatic heterocycles. The second-order valence-corrected chi connectivity index (χ2v) is 6.12. The molecule has 22 heavy (non-hydrogen) atoms. The predicted molar refractivity (Wildman–Crippen MR) is 85.8 cm³/mol. The summed E-state index contributed by atoms with van der Waals surface area (Å²) >= 11 is 12.1. The van der Waals surface area contributed by atoms with Crippen molar-refractivity contribution in [2.75, 3.05) is 18.0 Å². The third kappa shape index (κ3) is 3.20. The molecule has 1 atom stereocenters. The van der Waals surface area contributed by atoms with Gasteiger partial charge in [0.05, 0.1) is 16.9 Å². The molecule has 1 aliphatic rings. The molecular weight excluding hydrogens is 325 g/mol. The minimum atomic E-state index is -0.290. The summed E-state index contributed by atoms with van der Waals surface area (Å²) in [5, 5.41) is 4.16. The summed E-state index contributed by atoms with van der Waals surface area (Å²) in [5.41, 5.74) is 0.926. The number of aryl methyl sites for hydroxylation is 1. The quantitative estimate of drug-likeness (QED) is 0.931. The number of carbonyl (C=O) groups excluding carboxylic acids is 1. The maximum absolute atomic E-state index is 12.0. The summed E-state index contributed by atoms with van der Waals surface area (Å²) in [4.78, 5) is 18.1. The van der Waals surface area contributed by atoms with Gasteiger partial charge in [-0.3, -0.25) is 4.79 Å². The van der Waals surface area contributed by atoms with Crippen LogP contribution in [0.5, 0.6) is 0 Å². The lowest BCUT2D eigenvalue weighted by atomic mass is 10.2. The van der Waals surface area contributed by atoms with E-state index in [1.165, 1.54) is 6.20 Å². The smallest absolute Gasteiger partial charge is 0.307 e. The summed E-state index contributed by atoms with van der Waals surface area (Å²) in [5.74, 6) is 0.425. The molecule has 1 fully saturated rings. The summed E-state index contributed by atoms with van der Waals surface area (Å²) < 4.78 is 5.23. The topological polar surface area (TPSA) is 58.4 Å². The highest BCUT2D eigenvalue weighted by molar-refractivity contribution is 6.36. The van der Waals surface area contributed by atoms with Gasteiger partial charge in [0.2, 0.25) is 0 Å². The van der Waals surface area contributed by atoms with Crippen molar-refractivity contribution in [1.29, 1.82) is 0 Å². The number of anilines is 1. The average Bonchev–Trinajstić information content (AvgIpc) is 3.08. The van der Waals surface area contributed by atoms with Crippen LogP contribution in [0.4, 0.5) is 5.69 Å². The molecule has 0 bridgehead atoms. The van der Waals surface area contributed by atoms with Gasteiger partial charge in [-0.05, 0) is 31.5 Å². The molecule has 0 spiro atoms. The summed E-state index contributed by atoms with van der Waals surface area (Å²) in [6, 6.07) is 5.46. The zero-order valence-corrected chi connectivity index (χ0v) is 13.5. The first-order valence-corrected chi connectivity index (χ1v) is 7.72. The van der Waals surface area contributed by atoms with Crippen molar-refractivity contribution in [2.24, 2.45) is 0 Å². The molecule has 1 unspecified atom stereocenters. The number of nitrogens with zero attached hydrogens (tertiary/aromatic N) is 2. The number of halogens is 2. The monoisotopic (exact) mass is 339 g/mol. The van der Waals surface area contributed by atoms with Crippen molar-refractivity contribution in [3.8, 4) is 0 Å². The van der Waals surface area contributed by atoms with Crippen molar-refractivity contribution in [3.05, 3.63) is 46.1 Å². The molecule has 7 heteroatoms. The number of hydrogen-bond acceptors (Lipinski definition) is 4. The largest absolute Gasteiger partial charge is 0.438 e. The van der Waals surface area contributed by atoms with Crippen LogP contribution in [-0.4, -0.2) is 30.0 Å². The van der Waals surface area contributed by atoms with E-state index in [4.69, 9.17) is 27.6 Å². The molecule has 1 N–H and O–H groups in total. The van der Waals surface area contributed by atoms with Crippen molar-refractivity contribution in [3.63, 3.8) is 0 Å². The molecule has 1 amide bonds. The Morgan fingerprint density at radius 2 is 2.27 bits per heavy atom. The van der Waals surface area contributed by atoms with Crippen LogP contribution >= 0.6 is 23.2 Å². The summed E-state index contributed by atoms with van der Waals surface area (Å²) in [6.45, 7) is 3.26. The summed E-state index contributed by atoms with van der Waals surface area (Å²) in [6.07, 6.45) is 2.37. The first-order chi connectivity index (χ1) is 10.5. The standard InChI is InChI=1S/C15H15Cl2N3O2/c1-9-7-18-15(22-9)14(21)19-11-4-5-20(8-11)13-3-2-10(16)6-12(13)17/h2-3,6-7,11H,4-5,8H2,1H3,(H,19,21). The van der Waals surface area contributed by atoms with Gasteiger partial charge in [-0.2, -0.15) is 0 Å². The molecule has 0 saturated carbocycles. The molecule has 3 rings (SSSR count). The molecule has 2 aromatic rings. The number of benzene rings is 1. The van der Waals surface area contributed by atoms with Gasteiger partial charge in [0, 0.05) is 24.2 Å². The summed E-state index contributed by atoms with van der Waals surface area (Å²) in [7, 11) is 0. The normalized spacial score (nSPS) is 17.8. The van der Waals surface area contributed by atoms with Gasteiger partial charge in [-0.25, -0.2) is 4.98 Å². The lowest BCUT2D eigenvalue weighted by molar-refractivity contribution is 0.0904. The second kappa shape index (κ2) is 6.18. The van der Waals surface area contributed by atoms with Gasteiger partial charge >= 0.3 is 5.91 Å². The van der Waals surface area contributed by atoms with Gasteiger partial charge in [-0.15, -0.1) is 0 Å². The SMILES string of the molecule is Cc1cnc(C(=O)NC2CCN(c3ccc(Cl)cc3Cl)C2)o1. The molecule has 1 aromatic heterocycles. The zero-order valence-electron chi connectivity index (χ0n) is 12.0. The van der Waals surface area contributed by atoms with Crippen molar-refractivity contribution in [2.45, 2.75) is 19.4 Å². The van der Waals surface area contributed by atoms with Crippen LogP contribution in [0, 0.1) is 6.92 Å².